The zero-order chi connectivity index (χ0) is 27.1. The molecule has 0 aliphatic rings. The van der Waals surface area contributed by atoms with Gasteiger partial charge in [-0.05, 0) is 43.5 Å². The fourth-order valence-electron chi connectivity index (χ4n) is 4.31. The molecule has 0 aliphatic heterocycles. The Morgan fingerprint density at radius 2 is 1.19 bits per heavy atom. The largest absolute Gasteiger partial charge is 0.504 e. The molecule has 0 fully saturated rings. The van der Waals surface area contributed by atoms with E-state index < -0.39 is 12.0 Å². The number of rotatable bonds is 19. The summed E-state index contributed by atoms with van der Waals surface area (Å²) < 4.78 is 0. The fraction of sp³-hybridized carbons (Fsp3) is 0.594. The number of aromatic hydroxyl groups is 2. The number of unbranched alkanes of at least 4 members (excludes halogenated alkanes) is 14. The monoisotopic (exact) mass is 513 g/mol. The number of aryl methyl sites for hydroxylation is 1. The predicted molar refractivity (Wildman–Crippen MR) is 156 cm³/mol. The van der Waals surface area contributed by atoms with Crippen molar-refractivity contribution in [1.82, 2.24) is 0 Å². The lowest BCUT2D eigenvalue weighted by molar-refractivity contribution is -0.137. The molecule has 0 aromatic heterocycles. The van der Waals surface area contributed by atoms with E-state index in [-0.39, 0.29) is 11.5 Å². The second-order valence-corrected chi connectivity index (χ2v) is 10.1. The average molecular weight is 514 g/mol. The van der Waals surface area contributed by atoms with E-state index in [0.29, 0.717) is 0 Å². The van der Waals surface area contributed by atoms with Crippen molar-refractivity contribution < 1.29 is 20.1 Å². The molecule has 1 atom stereocenters. The summed E-state index contributed by atoms with van der Waals surface area (Å²) in [5.74, 6) is -0.787. The van der Waals surface area contributed by atoms with Crippen LogP contribution in [0.2, 0.25) is 0 Å². The van der Waals surface area contributed by atoms with Crippen molar-refractivity contribution in [2.24, 2.45) is 0 Å². The van der Waals surface area contributed by atoms with E-state index in [1.807, 2.05) is 36.4 Å². The quantitative estimate of drug-likeness (QED) is 0.111. The lowest BCUT2D eigenvalue weighted by Gasteiger charge is -2.09. The summed E-state index contributed by atoms with van der Waals surface area (Å²) >= 11 is 0. The first-order valence-electron chi connectivity index (χ1n) is 14.5. The van der Waals surface area contributed by atoms with E-state index in [2.05, 4.69) is 12.2 Å². The van der Waals surface area contributed by atoms with Gasteiger partial charge in [0.05, 0.1) is 0 Å². The summed E-state index contributed by atoms with van der Waals surface area (Å²) in [6.07, 6.45) is 21.3. The molecule has 0 saturated carbocycles. The van der Waals surface area contributed by atoms with E-state index in [9.17, 15) is 15.0 Å². The second kappa shape index (κ2) is 21.4. The minimum absolute atomic E-state index is 0.00143. The molecular weight excluding hydrogens is 462 g/mol. The molecule has 0 radical (unpaired) electrons. The third-order valence-corrected chi connectivity index (χ3v) is 6.68. The van der Waals surface area contributed by atoms with Gasteiger partial charge in [-0.25, -0.2) is 0 Å². The van der Waals surface area contributed by atoms with E-state index in [1.54, 1.807) is 13.0 Å². The van der Waals surface area contributed by atoms with Gasteiger partial charge in [-0.15, -0.1) is 0 Å². The highest BCUT2D eigenvalue weighted by Crippen LogP contribution is 2.29. The minimum atomic E-state index is -0.848. The Morgan fingerprint density at radius 3 is 1.68 bits per heavy atom. The summed E-state index contributed by atoms with van der Waals surface area (Å²) in [6.45, 7) is 3.88. The van der Waals surface area contributed by atoms with Crippen LogP contribution in [-0.2, 0) is 11.2 Å². The van der Waals surface area contributed by atoms with Crippen LogP contribution in [0.3, 0.4) is 0 Å². The molecule has 37 heavy (non-hydrogen) atoms. The van der Waals surface area contributed by atoms with Crippen molar-refractivity contribution in [3.8, 4) is 11.5 Å². The minimum Gasteiger partial charge on any atom is -0.504 e. The van der Waals surface area contributed by atoms with Crippen molar-refractivity contribution in [3.05, 3.63) is 54.1 Å². The number of para-hydroxylation sites is 2. The third kappa shape index (κ3) is 16.6. The Hall–Kier alpha value is -2.69. The lowest BCUT2D eigenvalue weighted by atomic mass is 10.0. The van der Waals surface area contributed by atoms with Gasteiger partial charge in [0.2, 0.25) is 0 Å². The number of benzene rings is 2. The first kappa shape index (κ1) is 32.3. The molecule has 5 heteroatoms. The lowest BCUT2D eigenvalue weighted by Crippen LogP contribution is -2.25. The number of carbonyl (C=O) groups is 1. The van der Waals surface area contributed by atoms with Crippen molar-refractivity contribution in [1.29, 1.82) is 0 Å². The van der Waals surface area contributed by atoms with Gasteiger partial charge in [-0.2, -0.15) is 0 Å². The average Bonchev–Trinajstić information content (AvgIpc) is 2.89. The van der Waals surface area contributed by atoms with Gasteiger partial charge in [0, 0.05) is 5.69 Å². The number of phenolic OH excluding ortho intramolecular Hbond substituents is 2. The number of hydrogen-bond donors (Lipinski definition) is 4. The maximum atomic E-state index is 10.4. The van der Waals surface area contributed by atoms with E-state index in [1.165, 1.54) is 96.0 Å². The van der Waals surface area contributed by atoms with Crippen LogP contribution in [0.1, 0.15) is 116 Å². The topological polar surface area (TPSA) is 89.8 Å². The van der Waals surface area contributed by atoms with Crippen LogP contribution in [0.25, 0.3) is 0 Å². The van der Waals surface area contributed by atoms with Crippen molar-refractivity contribution in [2.75, 3.05) is 5.32 Å². The Bertz CT molecular complexity index is 825. The van der Waals surface area contributed by atoms with Crippen LogP contribution in [0.4, 0.5) is 5.69 Å². The zero-order valence-corrected chi connectivity index (χ0v) is 23.3. The van der Waals surface area contributed by atoms with Gasteiger partial charge < -0.3 is 20.6 Å². The summed E-state index contributed by atoms with van der Waals surface area (Å²) in [4.78, 5) is 10.4. The SMILES string of the molecule is CCCCCCCCCCCCCCCCCc1cccc(O)c1O.C[C@H](Nc1ccccc1)C(=O)O. The number of aliphatic carboxylic acids is 1. The van der Waals surface area contributed by atoms with Crippen LogP contribution in [-0.4, -0.2) is 27.3 Å². The van der Waals surface area contributed by atoms with Gasteiger partial charge in [-0.3, -0.25) is 4.79 Å². The smallest absolute Gasteiger partial charge is 0.325 e. The zero-order valence-electron chi connectivity index (χ0n) is 23.3. The molecule has 0 heterocycles. The highest BCUT2D eigenvalue weighted by atomic mass is 16.4. The highest BCUT2D eigenvalue weighted by Gasteiger charge is 2.08. The number of nitrogens with one attached hydrogen (secondary N) is 1. The molecule has 0 aliphatic carbocycles. The van der Waals surface area contributed by atoms with Crippen molar-refractivity contribution in [2.45, 2.75) is 123 Å². The van der Waals surface area contributed by atoms with Crippen molar-refractivity contribution in [3.63, 3.8) is 0 Å². The molecule has 0 bridgehead atoms. The molecule has 0 spiro atoms. The third-order valence-electron chi connectivity index (χ3n) is 6.68. The van der Waals surface area contributed by atoms with Crippen molar-refractivity contribution >= 4 is 11.7 Å². The van der Waals surface area contributed by atoms with Crippen LogP contribution in [0.15, 0.2) is 48.5 Å². The number of hydrogen-bond acceptors (Lipinski definition) is 4. The molecule has 5 nitrogen and oxygen atoms in total. The van der Waals surface area contributed by atoms with E-state index >= 15 is 0 Å². The summed E-state index contributed by atoms with van der Waals surface area (Å²) in [6, 6.07) is 14.0. The van der Waals surface area contributed by atoms with Gasteiger partial charge >= 0.3 is 5.97 Å². The first-order chi connectivity index (χ1) is 18.0. The Kier molecular flexibility index (Phi) is 18.7. The molecule has 2 aromatic carbocycles. The Labute approximate surface area is 225 Å². The summed E-state index contributed by atoms with van der Waals surface area (Å²) in [7, 11) is 0. The normalized spacial score (nSPS) is 11.4. The molecule has 2 aromatic rings. The van der Waals surface area contributed by atoms with Gasteiger partial charge in [0.15, 0.2) is 11.5 Å². The predicted octanol–water partition coefficient (Wildman–Crippen LogP) is 9.08. The Morgan fingerprint density at radius 1 is 0.703 bits per heavy atom. The molecule has 4 N–H and O–H groups in total. The summed E-state index contributed by atoms with van der Waals surface area (Å²) in [5, 5.41) is 30.7. The number of anilines is 1. The molecule has 0 unspecified atom stereocenters. The maximum Gasteiger partial charge on any atom is 0.325 e. The van der Waals surface area contributed by atoms with Gasteiger partial charge in [0.25, 0.3) is 0 Å². The van der Waals surface area contributed by atoms with Crippen LogP contribution >= 0.6 is 0 Å². The fourth-order valence-corrected chi connectivity index (χ4v) is 4.31. The van der Waals surface area contributed by atoms with E-state index in [4.69, 9.17) is 5.11 Å². The van der Waals surface area contributed by atoms with Crippen LogP contribution in [0, 0.1) is 0 Å². The molecule has 0 saturated heterocycles. The Balaban J connectivity index is 0.000000474. The maximum absolute atomic E-state index is 10.4. The molecule has 2 rings (SSSR count). The molecule has 0 amide bonds. The number of carboxylic acids is 1. The van der Waals surface area contributed by atoms with Gasteiger partial charge in [0.1, 0.15) is 6.04 Å². The van der Waals surface area contributed by atoms with E-state index in [0.717, 1.165) is 24.1 Å². The molecular formula is C32H51NO4. The number of carboxylic acid groups (broad SMARTS) is 1. The first-order valence-corrected chi connectivity index (χ1v) is 14.5. The van der Waals surface area contributed by atoms with Gasteiger partial charge in [-0.1, -0.05) is 127 Å². The number of phenols is 2. The molecule has 208 valence electrons. The standard InChI is InChI=1S/C23H40O2.C9H11NO2/c1-2-3-4-5-6-7-8-9-10-11-12-13-14-15-16-18-21-19-17-20-22(24)23(21)25;1-7(9(11)12)10-8-5-3-2-4-6-8/h17,19-20,24-25H,2-16,18H2,1H3;2-7,10H,1H3,(H,11,12)/t;7-/m.0/s1. The van der Waals surface area contributed by atoms with Crippen LogP contribution in [0.5, 0.6) is 11.5 Å². The summed E-state index contributed by atoms with van der Waals surface area (Å²) in [5.41, 5.74) is 1.70. The van der Waals surface area contributed by atoms with Crippen LogP contribution < -0.4 is 5.32 Å². The second-order valence-electron chi connectivity index (χ2n) is 10.1. The highest BCUT2D eigenvalue weighted by molar-refractivity contribution is 5.76.